The molecule has 0 radical (unpaired) electrons. The van der Waals surface area contributed by atoms with Gasteiger partial charge >= 0.3 is 0 Å². The molecule has 2 aliphatic rings. The number of hydrogen-bond acceptors (Lipinski definition) is 2. The lowest BCUT2D eigenvalue weighted by atomic mass is 10.3. The third-order valence-corrected chi connectivity index (χ3v) is 3.24. The van der Waals surface area contributed by atoms with Crippen LogP contribution in [0.2, 0.25) is 0 Å². The van der Waals surface area contributed by atoms with E-state index in [-0.39, 0.29) is 0 Å². The van der Waals surface area contributed by atoms with Crippen LogP contribution >= 0.6 is 0 Å². The van der Waals surface area contributed by atoms with Crippen LogP contribution in [0, 0.1) is 5.92 Å². The SMILES string of the molecule is CN(CCNCCC1CC1)C1CC1. The van der Waals surface area contributed by atoms with Gasteiger partial charge in [-0.1, -0.05) is 12.8 Å². The maximum Gasteiger partial charge on any atom is 0.0107 e. The maximum absolute atomic E-state index is 3.53. The number of hydrogen-bond donors (Lipinski definition) is 1. The zero-order chi connectivity index (χ0) is 9.10. The van der Waals surface area contributed by atoms with Crippen molar-refractivity contribution < 1.29 is 0 Å². The molecule has 0 atom stereocenters. The largest absolute Gasteiger partial charge is 0.315 e. The Kier molecular flexibility index (Phi) is 3.23. The molecule has 0 saturated heterocycles. The van der Waals surface area contributed by atoms with Crippen molar-refractivity contribution in [2.45, 2.75) is 38.1 Å². The minimum atomic E-state index is 0.922. The van der Waals surface area contributed by atoms with Crippen LogP contribution < -0.4 is 5.32 Å². The Morgan fingerprint density at radius 3 is 2.54 bits per heavy atom. The molecular weight excluding hydrogens is 160 g/mol. The Bertz CT molecular complexity index is 150. The zero-order valence-electron chi connectivity index (χ0n) is 8.76. The smallest absolute Gasteiger partial charge is 0.0107 e. The second-order valence-electron chi connectivity index (χ2n) is 4.69. The molecule has 0 aromatic carbocycles. The van der Waals surface area contributed by atoms with E-state index in [0.717, 1.165) is 12.0 Å². The van der Waals surface area contributed by atoms with E-state index in [1.165, 1.54) is 51.7 Å². The van der Waals surface area contributed by atoms with E-state index < -0.39 is 0 Å². The minimum absolute atomic E-state index is 0.922. The third-order valence-electron chi connectivity index (χ3n) is 3.24. The predicted octanol–water partition coefficient (Wildman–Crippen LogP) is 1.47. The Morgan fingerprint density at radius 2 is 1.92 bits per heavy atom. The summed E-state index contributed by atoms with van der Waals surface area (Å²) >= 11 is 0. The van der Waals surface area contributed by atoms with Crippen LogP contribution in [-0.2, 0) is 0 Å². The topological polar surface area (TPSA) is 15.3 Å². The standard InChI is InChI=1S/C11H22N2/c1-13(11-4-5-11)9-8-12-7-6-10-2-3-10/h10-12H,2-9H2,1H3. The molecule has 2 nitrogen and oxygen atoms in total. The molecule has 13 heavy (non-hydrogen) atoms. The van der Waals surface area contributed by atoms with Crippen molar-refractivity contribution in [3.8, 4) is 0 Å². The number of nitrogens with zero attached hydrogens (tertiary/aromatic N) is 1. The minimum Gasteiger partial charge on any atom is -0.315 e. The maximum atomic E-state index is 3.53. The molecule has 76 valence electrons. The van der Waals surface area contributed by atoms with E-state index in [9.17, 15) is 0 Å². The van der Waals surface area contributed by atoms with Crippen molar-refractivity contribution in [3.05, 3.63) is 0 Å². The summed E-state index contributed by atoms with van der Waals surface area (Å²) in [5.41, 5.74) is 0. The lowest BCUT2D eigenvalue weighted by Gasteiger charge is -2.15. The Hall–Kier alpha value is -0.0800. The first kappa shape index (κ1) is 9.47. The molecule has 0 aromatic rings. The van der Waals surface area contributed by atoms with Crippen LogP contribution in [0.4, 0.5) is 0 Å². The molecule has 0 amide bonds. The van der Waals surface area contributed by atoms with E-state index in [1.54, 1.807) is 0 Å². The first-order chi connectivity index (χ1) is 6.36. The lowest BCUT2D eigenvalue weighted by Crippen LogP contribution is -2.31. The molecule has 2 rings (SSSR count). The summed E-state index contributed by atoms with van der Waals surface area (Å²) in [6, 6.07) is 0.922. The summed E-state index contributed by atoms with van der Waals surface area (Å²) in [5.74, 6) is 1.08. The van der Waals surface area contributed by atoms with Gasteiger partial charge in [-0.15, -0.1) is 0 Å². The van der Waals surface area contributed by atoms with Gasteiger partial charge in [0, 0.05) is 19.1 Å². The van der Waals surface area contributed by atoms with Gasteiger partial charge in [-0.05, 0) is 38.8 Å². The monoisotopic (exact) mass is 182 g/mol. The molecule has 2 aliphatic carbocycles. The molecule has 0 spiro atoms. The van der Waals surface area contributed by atoms with E-state index >= 15 is 0 Å². The Labute approximate surface area is 81.7 Å². The molecule has 0 heterocycles. The van der Waals surface area contributed by atoms with Gasteiger partial charge in [0.2, 0.25) is 0 Å². The van der Waals surface area contributed by atoms with Gasteiger partial charge in [0.05, 0.1) is 0 Å². The Balaban J connectivity index is 1.39. The van der Waals surface area contributed by atoms with Crippen LogP contribution in [0.3, 0.4) is 0 Å². The van der Waals surface area contributed by atoms with Crippen LogP contribution in [0.15, 0.2) is 0 Å². The summed E-state index contributed by atoms with van der Waals surface area (Å²) in [4.78, 5) is 2.49. The van der Waals surface area contributed by atoms with Crippen LogP contribution in [-0.4, -0.2) is 37.6 Å². The van der Waals surface area contributed by atoms with Crippen molar-refractivity contribution in [3.63, 3.8) is 0 Å². The quantitative estimate of drug-likeness (QED) is 0.600. The fraction of sp³-hybridized carbons (Fsp3) is 1.00. The number of rotatable bonds is 7. The summed E-state index contributed by atoms with van der Waals surface area (Å²) in [5, 5.41) is 3.53. The van der Waals surface area contributed by atoms with Gasteiger partial charge in [0.25, 0.3) is 0 Å². The van der Waals surface area contributed by atoms with E-state index in [0.29, 0.717) is 0 Å². The van der Waals surface area contributed by atoms with E-state index in [2.05, 4.69) is 17.3 Å². The summed E-state index contributed by atoms with van der Waals surface area (Å²) in [6.45, 7) is 3.65. The van der Waals surface area contributed by atoms with Gasteiger partial charge in [-0.2, -0.15) is 0 Å². The summed E-state index contributed by atoms with van der Waals surface area (Å²) in [6.07, 6.45) is 7.25. The van der Waals surface area contributed by atoms with Crippen LogP contribution in [0.5, 0.6) is 0 Å². The third kappa shape index (κ3) is 3.65. The molecular formula is C11H22N2. The van der Waals surface area contributed by atoms with Gasteiger partial charge < -0.3 is 10.2 Å². The molecule has 0 aromatic heterocycles. The van der Waals surface area contributed by atoms with Crippen molar-refractivity contribution >= 4 is 0 Å². The van der Waals surface area contributed by atoms with Gasteiger partial charge in [0.1, 0.15) is 0 Å². The van der Waals surface area contributed by atoms with E-state index in [4.69, 9.17) is 0 Å². The lowest BCUT2D eigenvalue weighted by molar-refractivity contribution is 0.321. The van der Waals surface area contributed by atoms with Gasteiger partial charge in [-0.3, -0.25) is 0 Å². The molecule has 0 unspecified atom stereocenters. The molecule has 1 N–H and O–H groups in total. The molecule has 2 fully saturated rings. The predicted molar refractivity (Wildman–Crippen MR) is 55.9 cm³/mol. The number of nitrogens with one attached hydrogen (secondary N) is 1. The molecule has 2 saturated carbocycles. The first-order valence-corrected chi connectivity index (χ1v) is 5.77. The normalized spacial score (nSPS) is 22.6. The highest BCUT2D eigenvalue weighted by Gasteiger charge is 2.25. The average molecular weight is 182 g/mol. The molecule has 0 aliphatic heterocycles. The van der Waals surface area contributed by atoms with Crippen molar-refractivity contribution in [1.29, 1.82) is 0 Å². The highest BCUT2D eigenvalue weighted by Crippen LogP contribution is 2.31. The highest BCUT2D eigenvalue weighted by atomic mass is 15.2. The van der Waals surface area contributed by atoms with Crippen LogP contribution in [0.1, 0.15) is 32.1 Å². The van der Waals surface area contributed by atoms with Crippen molar-refractivity contribution in [2.24, 2.45) is 5.92 Å². The van der Waals surface area contributed by atoms with E-state index in [1.807, 2.05) is 0 Å². The highest BCUT2D eigenvalue weighted by molar-refractivity contribution is 4.82. The van der Waals surface area contributed by atoms with Gasteiger partial charge in [0.15, 0.2) is 0 Å². The zero-order valence-corrected chi connectivity index (χ0v) is 8.76. The second kappa shape index (κ2) is 4.43. The fourth-order valence-corrected chi connectivity index (χ4v) is 1.79. The van der Waals surface area contributed by atoms with Gasteiger partial charge in [-0.25, -0.2) is 0 Å². The average Bonchev–Trinajstić information content (AvgIpc) is 2.98. The molecule has 0 bridgehead atoms. The fourth-order valence-electron chi connectivity index (χ4n) is 1.79. The first-order valence-electron chi connectivity index (χ1n) is 5.77. The van der Waals surface area contributed by atoms with Crippen molar-refractivity contribution in [2.75, 3.05) is 26.7 Å². The van der Waals surface area contributed by atoms with Crippen molar-refractivity contribution in [1.82, 2.24) is 10.2 Å². The molecule has 2 heteroatoms. The Morgan fingerprint density at radius 1 is 1.15 bits per heavy atom. The summed E-state index contributed by atoms with van der Waals surface area (Å²) < 4.78 is 0. The summed E-state index contributed by atoms with van der Waals surface area (Å²) in [7, 11) is 2.25. The second-order valence-corrected chi connectivity index (χ2v) is 4.69. The number of likely N-dealkylation sites (N-methyl/N-ethyl adjacent to an activating group) is 1. The van der Waals surface area contributed by atoms with Crippen LogP contribution in [0.25, 0.3) is 0 Å².